The van der Waals surface area contributed by atoms with Crippen molar-refractivity contribution in [2.24, 2.45) is 0 Å². The summed E-state index contributed by atoms with van der Waals surface area (Å²) < 4.78 is 9.68. The summed E-state index contributed by atoms with van der Waals surface area (Å²) in [6.07, 6.45) is 0. The van der Waals surface area contributed by atoms with Gasteiger partial charge in [-0.25, -0.2) is 4.79 Å². The van der Waals surface area contributed by atoms with E-state index in [-0.39, 0.29) is 11.3 Å². The first kappa shape index (κ1) is 17.8. The summed E-state index contributed by atoms with van der Waals surface area (Å²) in [5, 5.41) is 9.72. The Balaban J connectivity index is 1.81. The molecule has 2 aromatic carbocycles. The Morgan fingerprint density at radius 3 is 2.40 bits per heavy atom. The van der Waals surface area contributed by atoms with Crippen molar-refractivity contribution in [3.63, 3.8) is 0 Å². The fraction of sp³-hybridized carbons (Fsp3) is 0.118. The van der Waals surface area contributed by atoms with Crippen LogP contribution in [0.25, 0.3) is 0 Å². The molecule has 25 heavy (non-hydrogen) atoms. The molecular weight excluding hydrogens is 328 g/mol. The fourth-order valence-corrected chi connectivity index (χ4v) is 1.84. The number of hydrogen-bond donors (Lipinski definition) is 3. The van der Waals surface area contributed by atoms with Crippen LogP contribution in [0.4, 0.5) is 0 Å². The van der Waals surface area contributed by atoms with Crippen LogP contribution in [0.2, 0.25) is 0 Å². The molecule has 0 atom stereocenters. The summed E-state index contributed by atoms with van der Waals surface area (Å²) in [4.78, 5) is 35.2. The molecule has 0 heterocycles. The number of nitrogens with one attached hydrogen (secondary N) is 2. The maximum atomic E-state index is 11.8. The van der Waals surface area contributed by atoms with Crippen molar-refractivity contribution in [1.29, 1.82) is 0 Å². The summed E-state index contributed by atoms with van der Waals surface area (Å²) in [5.74, 6) is -2.08. The molecule has 8 nitrogen and oxygen atoms in total. The van der Waals surface area contributed by atoms with Crippen molar-refractivity contribution in [1.82, 2.24) is 10.9 Å². The highest BCUT2D eigenvalue weighted by Gasteiger charge is 2.15. The van der Waals surface area contributed by atoms with Gasteiger partial charge in [-0.05, 0) is 24.3 Å². The molecule has 0 bridgehead atoms. The summed E-state index contributed by atoms with van der Waals surface area (Å²) in [6, 6.07) is 12.3. The Morgan fingerprint density at radius 2 is 1.76 bits per heavy atom. The molecule has 0 aliphatic rings. The van der Waals surface area contributed by atoms with Gasteiger partial charge in [-0.15, -0.1) is 0 Å². The quantitative estimate of drug-likeness (QED) is 0.551. The number of benzene rings is 2. The van der Waals surface area contributed by atoms with E-state index >= 15 is 0 Å². The van der Waals surface area contributed by atoms with Crippen LogP contribution in [0.3, 0.4) is 0 Å². The second-order valence-corrected chi connectivity index (χ2v) is 4.83. The molecule has 0 fully saturated rings. The molecule has 0 spiro atoms. The van der Waals surface area contributed by atoms with Gasteiger partial charge in [-0.3, -0.25) is 20.4 Å². The molecule has 3 N–H and O–H groups in total. The van der Waals surface area contributed by atoms with Crippen molar-refractivity contribution in [2.45, 2.75) is 0 Å². The lowest BCUT2D eigenvalue weighted by molar-refractivity contribution is -0.125. The minimum Gasteiger partial charge on any atom is -0.507 e. The molecule has 0 saturated heterocycles. The Labute approximate surface area is 143 Å². The molecule has 130 valence electrons. The van der Waals surface area contributed by atoms with E-state index in [9.17, 15) is 19.5 Å². The van der Waals surface area contributed by atoms with Crippen LogP contribution >= 0.6 is 0 Å². The zero-order valence-electron chi connectivity index (χ0n) is 13.3. The van der Waals surface area contributed by atoms with E-state index in [4.69, 9.17) is 9.47 Å². The lowest BCUT2D eigenvalue weighted by Crippen LogP contribution is -2.43. The monoisotopic (exact) mass is 344 g/mol. The van der Waals surface area contributed by atoms with E-state index < -0.39 is 24.4 Å². The van der Waals surface area contributed by atoms with Crippen LogP contribution in [0.15, 0.2) is 48.5 Å². The number of aromatic hydroxyl groups is 1. The van der Waals surface area contributed by atoms with Gasteiger partial charge >= 0.3 is 5.97 Å². The van der Waals surface area contributed by atoms with Gasteiger partial charge in [0.1, 0.15) is 17.1 Å². The van der Waals surface area contributed by atoms with Crippen molar-refractivity contribution < 1.29 is 29.0 Å². The zero-order valence-corrected chi connectivity index (χ0v) is 13.3. The number of phenols is 1. The number of amides is 2. The summed E-state index contributed by atoms with van der Waals surface area (Å²) in [7, 11) is 1.42. The van der Waals surface area contributed by atoms with Gasteiger partial charge in [0.2, 0.25) is 0 Å². The normalized spacial score (nSPS) is 9.80. The lowest BCUT2D eigenvalue weighted by Gasteiger charge is -2.09. The van der Waals surface area contributed by atoms with Gasteiger partial charge in [0.15, 0.2) is 6.61 Å². The number of esters is 1. The average Bonchev–Trinajstić information content (AvgIpc) is 2.64. The minimum absolute atomic E-state index is 0.109. The first-order valence-corrected chi connectivity index (χ1v) is 7.19. The number of methoxy groups -OCH3 is 1. The second kappa shape index (κ2) is 8.34. The van der Waals surface area contributed by atoms with Gasteiger partial charge in [-0.2, -0.15) is 0 Å². The number of ether oxygens (including phenoxy) is 2. The summed E-state index contributed by atoms with van der Waals surface area (Å²) in [5.41, 5.74) is 4.57. The Bertz CT molecular complexity index is 776. The molecule has 2 aromatic rings. The van der Waals surface area contributed by atoms with E-state index in [2.05, 4.69) is 10.9 Å². The Kier molecular flexibility index (Phi) is 5.94. The SMILES string of the molecule is COc1ccc(C(=O)OCC(=O)NNC(=O)c2ccccc2)c(O)c1. The van der Waals surface area contributed by atoms with Crippen molar-refractivity contribution in [3.8, 4) is 11.5 Å². The lowest BCUT2D eigenvalue weighted by atomic mass is 10.2. The molecule has 0 saturated carbocycles. The molecule has 0 unspecified atom stereocenters. The van der Waals surface area contributed by atoms with Crippen LogP contribution in [-0.4, -0.2) is 36.6 Å². The zero-order chi connectivity index (χ0) is 18.2. The topological polar surface area (TPSA) is 114 Å². The molecule has 2 rings (SSSR count). The highest BCUT2D eigenvalue weighted by Crippen LogP contribution is 2.23. The van der Waals surface area contributed by atoms with Gasteiger partial charge in [0.05, 0.1) is 7.11 Å². The number of hydrazine groups is 1. The van der Waals surface area contributed by atoms with E-state index in [0.717, 1.165) is 0 Å². The van der Waals surface area contributed by atoms with Crippen molar-refractivity contribution in [2.75, 3.05) is 13.7 Å². The Hall–Kier alpha value is -3.55. The third-order valence-corrected chi connectivity index (χ3v) is 3.11. The van der Waals surface area contributed by atoms with Gasteiger partial charge in [-0.1, -0.05) is 18.2 Å². The van der Waals surface area contributed by atoms with Crippen LogP contribution in [0.1, 0.15) is 20.7 Å². The summed E-state index contributed by atoms with van der Waals surface area (Å²) in [6.45, 7) is -0.626. The third-order valence-electron chi connectivity index (χ3n) is 3.11. The smallest absolute Gasteiger partial charge is 0.342 e. The number of carbonyl (C=O) groups excluding carboxylic acids is 3. The van der Waals surface area contributed by atoms with Gasteiger partial charge in [0.25, 0.3) is 11.8 Å². The molecule has 8 heteroatoms. The maximum Gasteiger partial charge on any atom is 0.342 e. The van der Waals surface area contributed by atoms with Crippen LogP contribution in [0, 0.1) is 0 Å². The summed E-state index contributed by atoms with van der Waals surface area (Å²) >= 11 is 0. The molecular formula is C17H16N2O6. The number of phenolic OH excluding ortho intramolecular Hbond substituents is 1. The molecule has 0 aliphatic heterocycles. The molecule has 2 amide bonds. The number of hydrogen-bond acceptors (Lipinski definition) is 6. The Morgan fingerprint density at radius 1 is 1.04 bits per heavy atom. The van der Waals surface area contributed by atoms with E-state index in [0.29, 0.717) is 11.3 Å². The predicted molar refractivity (Wildman–Crippen MR) is 87.0 cm³/mol. The third kappa shape index (κ3) is 4.96. The molecule has 0 radical (unpaired) electrons. The van der Waals surface area contributed by atoms with Gasteiger partial charge < -0.3 is 14.6 Å². The van der Waals surface area contributed by atoms with Crippen LogP contribution in [0.5, 0.6) is 11.5 Å². The van der Waals surface area contributed by atoms with Gasteiger partial charge in [0, 0.05) is 11.6 Å². The van der Waals surface area contributed by atoms with Crippen molar-refractivity contribution >= 4 is 17.8 Å². The predicted octanol–water partition coefficient (Wildman–Crippen LogP) is 1.02. The van der Waals surface area contributed by atoms with E-state index in [1.807, 2.05) is 0 Å². The highest BCUT2D eigenvalue weighted by molar-refractivity contribution is 5.96. The number of carbonyl (C=O) groups is 3. The minimum atomic E-state index is -0.885. The second-order valence-electron chi connectivity index (χ2n) is 4.83. The largest absolute Gasteiger partial charge is 0.507 e. The standard InChI is InChI=1S/C17H16N2O6/c1-24-12-7-8-13(14(20)9-12)17(23)25-10-15(21)18-19-16(22)11-5-3-2-4-6-11/h2-9,20H,10H2,1H3,(H,18,21)(H,19,22). The average molecular weight is 344 g/mol. The van der Waals surface area contributed by atoms with E-state index in [1.165, 1.54) is 25.3 Å². The number of rotatable bonds is 5. The van der Waals surface area contributed by atoms with Crippen LogP contribution in [-0.2, 0) is 9.53 Å². The first-order chi connectivity index (χ1) is 12.0. The molecule has 0 aliphatic carbocycles. The van der Waals surface area contributed by atoms with Crippen LogP contribution < -0.4 is 15.6 Å². The molecule has 0 aromatic heterocycles. The fourth-order valence-electron chi connectivity index (χ4n) is 1.84. The first-order valence-electron chi connectivity index (χ1n) is 7.19. The maximum absolute atomic E-state index is 11.8. The van der Waals surface area contributed by atoms with E-state index in [1.54, 1.807) is 30.3 Å². The highest BCUT2D eigenvalue weighted by atomic mass is 16.5. The van der Waals surface area contributed by atoms with Crippen molar-refractivity contribution in [3.05, 3.63) is 59.7 Å².